The first-order valence-electron chi connectivity index (χ1n) is 6.08. The molecule has 0 amide bonds. The van der Waals surface area contributed by atoms with Crippen molar-refractivity contribution in [3.63, 3.8) is 0 Å². The first kappa shape index (κ1) is 13.6. The highest BCUT2D eigenvalue weighted by Crippen LogP contribution is 2.27. The number of aromatic nitrogens is 1. The first-order valence-corrected chi connectivity index (χ1v) is 7.33. The van der Waals surface area contributed by atoms with Crippen molar-refractivity contribution in [3.8, 4) is 0 Å². The minimum absolute atomic E-state index is 0.165. The Morgan fingerprint density at radius 1 is 1.56 bits per heavy atom. The highest BCUT2D eigenvalue weighted by Gasteiger charge is 2.17. The molecule has 0 bridgehead atoms. The molecule has 0 aromatic carbocycles. The van der Waals surface area contributed by atoms with E-state index in [1.54, 1.807) is 17.6 Å². The van der Waals surface area contributed by atoms with E-state index in [0.717, 1.165) is 30.1 Å². The Morgan fingerprint density at radius 2 is 2.39 bits per heavy atom. The highest BCUT2D eigenvalue weighted by molar-refractivity contribution is 7.10. The molecule has 0 saturated carbocycles. The molecule has 2 aromatic rings. The van der Waals surface area contributed by atoms with Crippen LogP contribution in [0.15, 0.2) is 22.1 Å². The van der Waals surface area contributed by atoms with Crippen LogP contribution in [0.5, 0.6) is 0 Å². The maximum absolute atomic E-state index is 6.15. The molecular weight excluding hydrogens is 268 g/mol. The van der Waals surface area contributed by atoms with Crippen molar-refractivity contribution in [1.29, 1.82) is 0 Å². The number of nitrogens with zero attached hydrogens (tertiary/aromatic N) is 1. The number of hydrogen-bond acceptors (Lipinski definition) is 4. The van der Waals surface area contributed by atoms with Gasteiger partial charge in [-0.1, -0.05) is 18.5 Å². The number of thiophene rings is 1. The van der Waals surface area contributed by atoms with Gasteiger partial charge in [-0.25, -0.2) is 4.98 Å². The van der Waals surface area contributed by atoms with Crippen LogP contribution in [0.1, 0.15) is 35.8 Å². The van der Waals surface area contributed by atoms with Crippen LogP contribution < -0.4 is 5.32 Å². The summed E-state index contributed by atoms with van der Waals surface area (Å²) in [6.07, 6.45) is 3.66. The summed E-state index contributed by atoms with van der Waals surface area (Å²) in [6, 6.07) is 2.10. The van der Waals surface area contributed by atoms with Gasteiger partial charge in [0.25, 0.3) is 0 Å². The van der Waals surface area contributed by atoms with Crippen LogP contribution >= 0.6 is 22.9 Å². The molecule has 0 saturated heterocycles. The molecule has 3 nitrogen and oxygen atoms in total. The molecule has 2 aromatic heterocycles. The predicted molar refractivity (Wildman–Crippen MR) is 75.3 cm³/mol. The predicted octanol–water partition coefficient (Wildman–Crippen LogP) is 3.98. The monoisotopic (exact) mass is 284 g/mol. The lowest BCUT2D eigenvalue weighted by Gasteiger charge is -2.15. The molecular formula is C13H17ClN2OS. The second kappa shape index (κ2) is 6.36. The smallest absolute Gasteiger partial charge is 0.191 e. The Hall–Kier alpha value is -0.840. The molecule has 5 heteroatoms. The van der Waals surface area contributed by atoms with Crippen LogP contribution in [0, 0.1) is 6.92 Å². The van der Waals surface area contributed by atoms with E-state index in [-0.39, 0.29) is 6.04 Å². The highest BCUT2D eigenvalue weighted by atomic mass is 35.5. The van der Waals surface area contributed by atoms with E-state index in [0.29, 0.717) is 5.89 Å². The summed E-state index contributed by atoms with van der Waals surface area (Å²) in [7, 11) is 0. The van der Waals surface area contributed by atoms with E-state index < -0.39 is 0 Å². The molecule has 0 fully saturated rings. The first-order chi connectivity index (χ1) is 8.70. The lowest BCUT2D eigenvalue weighted by molar-refractivity contribution is 0.505. The van der Waals surface area contributed by atoms with E-state index in [1.165, 1.54) is 4.88 Å². The Balaban J connectivity index is 2.12. The van der Waals surface area contributed by atoms with Gasteiger partial charge in [-0.15, -0.1) is 11.3 Å². The summed E-state index contributed by atoms with van der Waals surface area (Å²) in [5.74, 6) is 0.700. The van der Waals surface area contributed by atoms with Gasteiger partial charge in [-0.05, 0) is 24.4 Å². The van der Waals surface area contributed by atoms with E-state index in [4.69, 9.17) is 16.0 Å². The quantitative estimate of drug-likeness (QED) is 0.872. The number of hydrogen-bond donors (Lipinski definition) is 1. The van der Waals surface area contributed by atoms with Crippen LogP contribution in [0.25, 0.3) is 0 Å². The minimum Gasteiger partial charge on any atom is -0.449 e. The fraction of sp³-hybridized carbons (Fsp3) is 0.462. The molecule has 18 heavy (non-hydrogen) atoms. The fourth-order valence-corrected chi connectivity index (χ4v) is 2.96. The van der Waals surface area contributed by atoms with Crippen LogP contribution in [-0.4, -0.2) is 11.5 Å². The van der Waals surface area contributed by atoms with Gasteiger partial charge < -0.3 is 9.73 Å². The second-order valence-electron chi connectivity index (χ2n) is 4.19. The summed E-state index contributed by atoms with van der Waals surface area (Å²) in [5.41, 5.74) is 0.949. The van der Waals surface area contributed by atoms with Crippen LogP contribution in [0.3, 0.4) is 0 Å². The lowest BCUT2D eigenvalue weighted by atomic mass is 10.1. The molecule has 1 N–H and O–H groups in total. The lowest BCUT2D eigenvalue weighted by Crippen LogP contribution is -2.24. The minimum atomic E-state index is 0.165. The standard InChI is InChI=1S/C13H17ClN2OS/c1-3-5-15-11(12-8-17-9(2)16-12)7-13-10(14)4-6-18-13/h4,6,8,11,15H,3,5,7H2,1-2H3. The summed E-state index contributed by atoms with van der Waals surface area (Å²) in [4.78, 5) is 5.59. The number of rotatable bonds is 6. The van der Waals surface area contributed by atoms with Crippen molar-refractivity contribution in [3.05, 3.63) is 39.2 Å². The van der Waals surface area contributed by atoms with Gasteiger partial charge in [-0.3, -0.25) is 0 Å². The van der Waals surface area contributed by atoms with Crippen molar-refractivity contribution in [2.45, 2.75) is 32.7 Å². The zero-order chi connectivity index (χ0) is 13.0. The van der Waals surface area contributed by atoms with Crippen molar-refractivity contribution >= 4 is 22.9 Å². The van der Waals surface area contributed by atoms with E-state index in [2.05, 4.69) is 17.2 Å². The van der Waals surface area contributed by atoms with E-state index in [1.807, 2.05) is 18.4 Å². The molecule has 0 aliphatic rings. The summed E-state index contributed by atoms with van der Waals surface area (Å²) in [6.45, 7) is 4.97. The summed E-state index contributed by atoms with van der Waals surface area (Å²) in [5, 5.41) is 6.34. The van der Waals surface area contributed by atoms with Crippen molar-refractivity contribution in [2.75, 3.05) is 6.54 Å². The average Bonchev–Trinajstić information content (AvgIpc) is 2.94. The fourth-order valence-electron chi connectivity index (χ4n) is 1.80. The molecule has 2 rings (SSSR count). The topological polar surface area (TPSA) is 38.1 Å². The van der Waals surface area contributed by atoms with Crippen LogP contribution in [0.2, 0.25) is 5.02 Å². The molecule has 0 aliphatic carbocycles. The van der Waals surface area contributed by atoms with Crippen molar-refractivity contribution in [2.24, 2.45) is 0 Å². The summed E-state index contributed by atoms with van der Waals surface area (Å²) < 4.78 is 5.29. The van der Waals surface area contributed by atoms with Crippen LogP contribution in [0.4, 0.5) is 0 Å². The Kier molecular flexibility index (Phi) is 4.80. The normalized spacial score (nSPS) is 12.8. The zero-order valence-corrected chi connectivity index (χ0v) is 12.1. The zero-order valence-electron chi connectivity index (χ0n) is 10.6. The molecule has 1 unspecified atom stereocenters. The molecule has 2 heterocycles. The second-order valence-corrected chi connectivity index (χ2v) is 5.60. The SMILES string of the molecule is CCCNC(Cc1sccc1Cl)c1coc(C)n1. The maximum Gasteiger partial charge on any atom is 0.191 e. The van der Waals surface area contributed by atoms with E-state index in [9.17, 15) is 0 Å². The van der Waals surface area contributed by atoms with Gasteiger partial charge in [0.15, 0.2) is 5.89 Å². The molecule has 1 atom stereocenters. The number of aryl methyl sites for hydroxylation is 1. The molecule has 0 spiro atoms. The molecule has 98 valence electrons. The summed E-state index contributed by atoms with van der Waals surface area (Å²) >= 11 is 7.83. The largest absolute Gasteiger partial charge is 0.449 e. The number of oxazole rings is 1. The van der Waals surface area contributed by atoms with Crippen molar-refractivity contribution < 1.29 is 4.42 Å². The van der Waals surface area contributed by atoms with Gasteiger partial charge in [0.1, 0.15) is 6.26 Å². The number of halogens is 1. The third-order valence-corrected chi connectivity index (χ3v) is 4.12. The van der Waals surface area contributed by atoms with Crippen LogP contribution in [-0.2, 0) is 6.42 Å². The maximum atomic E-state index is 6.15. The third-order valence-electron chi connectivity index (χ3n) is 2.72. The Morgan fingerprint density at radius 3 is 2.94 bits per heavy atom. The third kappa shape index (κ3) is 3.34. The number of nitrogens with one attached hydrogen (secondary N) is 1. The molecule has 0 radical (unpaired) electrons. The van der Waals surface area contributed by atoms with Gasteiger partial charge in [0.05, 0.1) is 16.8 Å². The Bertz CT molecular complexity index is 495. The average molecular weight is 285 g/mol. The Labute approximate surface area is 116 Å². The van der Waals surface area contributed by atoms with Gasteiger partial charge >= 0.3 is 0 Å². The van der Waals surface area contributed by atoms with Gasteiger partial charge in [0, 0.05) is 18.2 Å². The van der Waals surface area contributed by atoms with Gasteiger partial charge in [-0.2, -0.15) is 0 Å². The molecule has 0 aliphatic heterocycles. The van der Waals surface area contributed by atoms with Crippen molar-refractivity contribution in [1.82, 2.24) is 10.3 Å². The van der Waals surface area contributed by atoms with Gasteiger partial charge in [0.2, 0.25) is 0 Å². The van der Waals surface area contributed by atoms with E-state index >= 15 is 0 Å².